The fourth-order valence-electron chi connectivity index (χ4n) is 2.92. The molecular formula is C16H16N2O2. The number of anilines is 1. The molecule has 1 aromatic rings. The lowest BCUT2D eigenvalue weighted by atomic mass is 10.00. The van der Waals surface area contributed by atoms with Gasteiger partial charge in [0.25, 0.3) is 0 Å². The van der Waals surface area contributed by atoms with Gasteiger partial charge < -0.3 is 4.74 Å². The fourth-order valence-corrected chi connectivity index (χ4v) is 2.92. The second-order valence-corrected chi connectivity index (χ2v) is 5.45. The van der Waals surface area contributed by atoms with E-state index < -0.39 is 5.60 Å². The molecular weight excluding hydrogens is 252 g/mol. The summed E-state index contributed by atoms with van der Waals surface area (Å²) < 4.78 is 5.56. The van der Waals surface area contributed by atoms with Crippen molar-refractivity contribution in [2.45, 2.75) is 32.3 Å². The van der Waals surface area contributed by atoms with Gasteiger partial charge in [-0.3, -0.25) is 4.90 Å². The van der Waals surface area contributed by atoms with Crippen LogP contribution in [-0.4, -0.2) is 18.2 Å². The SMILES string of the molecule is Cc1c(C#N)ccc(N2CC3(C=CCC3)OC2=O)c1C. The second-order valence-electron chi connectivity index (χ2n) is 5.45. The largest absolute Gasteiger partial charge is 0.436 e. The number of nitriles is 1. The molecule has 1 atom stereocenters. The summed E-state index contributed by atoms with van der Waals surface area (Å²) in [7, 11) is 0. The lowest BCUT2D eigenvalue weighted by Crippen LogP contribution is -2.31. The maximum atomic E-state index is 12.2. The van der Waals surface area contributed by atoms with Gasteiger partial charge in [-0.15, -0.1) is 0 Å². The highest BCUT2D eigenvalue weighted by Gasteiger charge is 2.45. The van der Waals surface area contributed by atoms with E-state index in [0.717, 1.165) is 29.7 Å². The maximum absolute atomic E-state index is 12.2. The summed E-state index contributed by atoms with van der Waals surface area (Å²) in [5, 5.41) is 9.05. The van der Waals surface area contributed by atoms with Crippen molar-refractivity contribution >= 4 is 11.8 Å². The maximum Gasteiger partial charge on any atom is 0.415 e. The molecule has 102 valence electrons. The zero-order chi connectivity index (χ0) is 14.3. The van der Waals surface area contributed by atoms with E-state index in [1.54, 1.807) is 11.0 Å². The number of amides is 1. The van der Waals surface area contributed by atoms with Gasteiger partial charge >= 0.3 is 6.09 Å². The van der Waals surface area contributed by atoms with Crippen molar-refractivity contribution in [1.29, 1.82) is 5.26 Å². The molecule has 0 aromatic heterocycles. The van der Waals surface area contributed by atoms with Crippen LogP contribution in [0.1, 0.15) is 29.5 Å². The minimum atomic E-state index is -0.453. The summed E-state index contributed by atoms with van der Waals surface area (Å²) in [6.07, 6.45) is 5.56. The first-order chi connectivity index (χ1) is 9.56. The van der Waals surface area contributed by atoms with Gasteiger partial charge in [-0.25, -0.2) is 4.79 Å². The van der Waals surface area contributed by atoms with Crippen LogP contribution >= 0.6 is 0 Å². The molecule has 0 bridgehead atoms. The number of allylic oxidation sites excluding steroid dienone is 1. The van der Waals surface area contributed by atoms with Crippen molar-refractivity contribution in [3.8, 4) is 6.07 Å². The summed E-state index contributed by atoms with van der Waals surface area (Å²) in [5.74, 6) is 0. The molecule has 1 aliphatic heterocycles. The van der Waals surface area contributed by atoms with Crippen molar-refractivity contribution in [3.05, 3.63) is 41.0 Å². The molecule has 0 radical (unpaired) electrons. The van der Waals surface area contributed by atoms with Crippen molar-refractivity contribution in [1.82, 2.24) is 0 Å². The lowest BCUT2D eigenvalue weighted by Gasteiger charge is -2.20. The van der Waals surface area contributed by atoms with Crippen molar-refractivity contribution in [3.63, 3.8) is 0 Å². The van der Waals surface area contributed by atoms with Crippen LogP contribution in [-0.2, 0) is 4.74 Å². The Kier molecular flexibility index (Phi) is 2.79. The van der Waals surface area contributed by atoms with Crippen LogP contribution in [0, 0.1) is 25.2 Å². The molecule has 1 saturated heterocycles. The highest BCUT2D eigenvalue weighted by Crippen LogP contribution is 2.37. The molecule has 1 heterocycles. The molecule has 1 aromatic carbocycles. The molecule has 2 aliphatic rings. The Balaban J connectivity index is 1.98. The quantitative estimate of drug-likeness (QED) is 0.735. The Labute approximate surface area is 118 Å². The molecule has 3 rings (SSSR count). The van der Waals surface area contributed by atoms with Gasteiger partial charge in [0.05, 0.1) is 23.9 Å². The average Bonchev–Trinajstić information content (AvgIpc) is 3.00. The highest BCUT2D eigenvalue weighted by molar-refractivity contribution is 5.92. The molecule has 1 spiro atoms. The summed E-state index contributed by atoms with van der Waals surface area (Å²) in [4.78, 5) is 13.8. The predicted molar refractivity (Wildman–Crippen MR) is 75.6 cm³/mol. The molecule has 1 unspecified atom stereocenters. The second kappa shape index (κ2) is 4.38. The Morgan fingerprint density at radius 1 is 1.35 bits per heavy atom. The van der Waals surface area contributed by atoms with E-state index in [9.17, 15) is 4.79 Å². The minimum Gasteiger partial charge on any atom is -0.436 e. The van der Waals surface area contributed by atoms with Gasteiger partial charge in [-0.2, -0.15) is 5.26 Å². The lowest BCUT2D eigenvalue weighted by molar-refractivity contribution is 0.0940. The van der Waals surface area contributed by atoms with Gasteiger partial charge in [0.1, 0.15) is 0 Å². The fraction of sp³-hybridized carbons (Fsp3) is 0.375. The normalized spacial score (nSPS) is 24.2. The first-order valence-corrected chi connectivity index (χ1v) is 6.75. The molecule has 20 heavy (non-hydrogen) atoms. The van der Waals surface area contributed by atoms with Gasteiger partial charge in [0.15, 0.2) is 5.60 Å². The Bertz CT molecular complexity index is 657. The zero-order valence-corrected chi connectivity index (χ0v) is 11.6. The number of nitrogens with zero attached hydrogens (tertiary/aromatic N) is 2. The molecule has 4 heteroatoms. The number of carbonyl (C=O) groups is 1. The van der Waals surface area contributed by atoms with Crippen LogP contribution in [0.25, 0.3) is 0 Å². The molecule has 1 fully saturated rings. The van der Waals surface area contributed by atoms with E-state index >= 15 is 0 Å². The van der Waals surface area contributed by atoms with E-state index in [1.807, 2.05) is 26.0 Å². The zero-order valence-electron chi connectivity index (χ0n) is 11.6. The van der Waals surface area contributed by atoms with Gasteiger partial charge in [0, 0.05) is 0 Å². The number of rotatable bonds is 1. The Hall–Kier alpha value is -2.28. The summed E-state index contributed by atoms with van der Waals surface area (Å²) in [5.41, 5.74) is 2.91. The molecule has 0 N–H and O–H groups in total. The summed E-state index contributed by atoms with van der Waals surface area (Å²) >= 11 is 0. The van der Waals surface area contributed by atoms with E-state index in [0.29, 0.717) is 12.1 Å². The molecule has 0 saturated carbocycles. The number of hydrogen-bond donors (Lipinski definition) is 0. The van der Waals surface area contributed by atoms with Crippen LogP contribution < -0.4 is 4.90 Å². The van der Waals surface area contributed by atoms with E-state index in [2.05, 4.69) is 12.1 Å². The number of ether oxygens (including phenoxy) is 1. The standard InChI is InChI=1S/C16H16N2O2/c1-11-12(2)14(6-5-13(11)9-17)18-10-16(20-15(18)19)7-3-4-8-16/h3,5-7H,4,8,10H2,1-2H3. The number of hydrogen-bond acceptors (Lipinski definition) is 3. The number of carbonyl (C=O) groups excluding carboxylic acids is 1. The van der Waals surface area contributed by atoms with E-state index in [1.165, 1.54) is 0 Å². The van der Waals surface area contributed by atoms with Crippen molar-refractivity contribution < 1.29 is 9.53 Å². The molecule has 1 aliphatic carbocycles. The predicted octanol–water partition coefficient (Wildman–Crippen LogP) is 3.22. The third-order valence-corrected chi connectivity index (χ3v) is 4.26. The first-order valence-electron chi connectivity index (χ1n) is 6.75. The van der Waals surface area contributed by atoms with Crippen LogP contribution in [0.5, 0.6) is 0 Å². The minimum absolute atomic E-state index is 0.302. The Morgan fingerprint density at radius 3 is 2.80 bits per heavy atom. The Morgan fingerprint density at radius 2 is 2.15 bits per heavy atom. The average molecular weight is 268 g/mol. The van der Waals surface area contributed by atoms with Crippen LogP contribution in [0.4, 0.5) is 10.5 Å². The monoisotopic (exact) mass is 268 g/mol. The van der Waals surface area contributed by atoms with Crippen LogP contribution in [0.3, 0.4) is 0 Å². The highest BCUT2D eigenvalue weighted by atomic mass is 16.6. The van der Waals surface area contributed by atoms with Crippen molar-refractivity contribution in [2.24, 2.45) is 0 Å². The molecule has 1 amide bonds. The first kappa shape index (κ1) is 12.7. The molecule has 4 nitrogen and oxygen atoms in total. The summed E-state index contributed by atoms with van der Waals surface area (Å²) in [6, 6.07) is 5.77. The third-order valence-electron chi connectivity index (χ3n) is 4.26. The van der Waals surface area contributed by atoms with Crippen LogP contribution in [0.2, 0.25) is 0 Å². The van der Waals surface area contributed by atoms with Gasteiger partial charge in [-0.1, -0.05) is 6.08 Å². The smallest absolute Gasteiger partial charge is 0.415 e. The third kappa shape index (κ3) is 1.78. The van der Waals surface area contributed by atoms with Crippen molar-refractivity contribution in [2.75, 3.05) is 11.4 Å². The number of benzene rings is 1. The van der Waals surface area contributed by atoms with Gasteiger partial charge in [-0.05, 0) is 56.0 Å². The van der Waals surface area contributed by atoms with Crippen LogP contribution in [0.15, 0.2) is 24.3 Å². The van der Waals surface area contributed by atoms with E-state index in [4.69, 9.17) is 10.00 Å². The topological polar surface area (TPSA) is 53.3 Å². The summed E-state index contributed by atoms with van der Waals surface area (Å²) in [6.45, 7) is 4.40. The van der Waals surface area contributed by atoms with E-state index in [-0.39, 0.29) is 6.09 Å². The van der Waals surface area contributed by atoms with Gasteiger partial charge in [0.2, 0.25) is 0 Å².